The molecule has 1 rings (SSSR count). The molecule has 0 fully saturated rings. The summed E-state index contributed by atoms with van der Waals surface area (Å²) in [6, 6.07) is 1.74. The first kappa shape index (κ1) is 13.1. The molecule has 0 amide bonds. The second kappa shape index (κ2) is 5.94. The number of nitrogens with one attached hydrogen (secondary N) is 1. The molecule has 1 aromatic rings. The number of benzene rings is 1. The molecule has 0 saturated carbocycles. The molecule has 0 heterocycles. The molecule has 2 nitrogen and oxygen atoms in total. The second-order valence-electron chi connectivity index (χ2n) is 3.13. The Bertz CT molecular complexity index is 414. The maximum absolute atomic E-state index is 13.6. The van der Waals surface area contributed by atoms with E-state index in [4.69, 9.17) is 5.84 Å². The van der Waals surface area contributed by atoms with Crippen molar-refractivity contribution in [3.8, 4) is 11.8 Å². The summed E-state index contributed by atoms with van der Waals surface area (Å²) >= 11 is 3.01. The van der Waals surface area contributed by atoms with Crippen molar-refractivity contribution in [1.82, 2.24) is 5.43 Å². The summed E-state index contributed by atoms with van der Waals surface area (Å²) in [5.41, 5.74) is 2.27. The van der Waals surface area contributed by atoms with E-state index in [1.807, 2.05) is 0 Å². The Kier molecular flexibility index (Phi) is 4.87. The second-order valence-corrected chi connectivity index (χ2v) is 4.05. The van der Waals surface area contributed by atoms with Gasteiger partial charge < -0.3 is 0 Å². The number of hydrazine groups is 1. The van der Waals surface area contributed by atoms with Gasteiger partial charge in [0.05, 0.1) is 6.04 Å². The van der Waals surface area contributed by atoms with Crippen molar-refractivity contribution < 1.29 is 8.78 Å². The first-order valence-electron chi connectivity index (χ1n) is 4.60. The maximum Gasteiger partial charge on any atom is 0.132 e. The summed E-state index contributed by atoms with van der Waals surface area (Å²) in [5, 5.41) is 0. The normalized spacial score (nSPS) is 11.8. The molecule has 5 heteroatoms. The third kappa shape index (κ3) is 3.01. The largest absolute Gasteiger partial charge is 0.271 e. The SMILES string of the molecule is CC#CCC(NN)c1c(F)cc(Br)cc1F. The van der Waals surface area contributed by atoms with Crippen LogP contribution in [0.3, 0.4) is 0 Å². The number of halogens is 3. The van der Waals surface area contributed by atoms with Gasteiger partial charge in [-0.3, -0.25) is 11.3 Å². The number of hydrogen-bond acceptors (Lipinski definition) is 2. The Morgan fingerprint density at radius 2 is 2.00 bits per heavy atom. The third-order valence-corrected chi connectivity index (χ3v) is 2.53. The monoisotopic (exact) mass is 288 g/mol. The molecule has 0 spiro atoms. The van der Waals surface area contributed by atoms with Crippen LogP contribution in [0.15, 0.2) is 16.6 Å². The van der Waals surface area contributed by atoms with Gasteiger partial charge in [-0.05, 0) is 19.1 Å². The molecule has 1 atom stereocenters. The van der Waals surface area contributed by atoms with Crippen LogP contribution in [0.2, 0.25) is 0 Å². The van der Waals surface area contributed by atoms with Gasteiger partial charge in [0.25, 0.3) is 0 Å². The molecule has 0 aliphatic heterocycles. The van der Waals surface area contributed by atoms with Crippen molar-refractivity contribution in [2.75, 3.05) is 0 Å². The summed E-state index contributed by atoms with van der Waals surface area (Å²) in [4.78, 5) is 0. The van der Waals surface area contributed by atoms with Crippen molar-refractivity contribution in [3.05, 3.63) is 33.8 Å². The fourth-order valence-corrected chi connectivity index (χ4v) is 1.74. The van der Waals surface area contributed by atoms with Gasteiger partial charge in [0, 0.05) is 16.5 Å². The van der Waals surface area contributed by atoms with Crippen LogP contribution in [0.5, 0.6) is 0 Å². The van der Waals surface area contributed by atoms with Crippen molar-refractivity contribution in [1.29, 1.82) is 0 Å². The Balaban J connectivity index is 3.12. The van der Waals surface area contributed by atoms with Crippen LogP contribution in [0.25, 0.3) is 0 Å². The molecule has 0 saturated heterocycles. The van der Waals surface area contributed by atoms with Gasteiger partial charge >= 0.3 is 0 Å². The van der Waals surface area contributed by atoms with Crippen LogP contribution in [0.4, 0.5) is 8.78 Å². The van der Waals surface area contributed by atoms with Gasteiger partial charge in [-0.2, -0.15) is 0 Å². The van der Waals surface area contributed by atoms with Crippen LogP contribution in [-0.2, 0) is 0 Å². The average Bonchev–Trinajstić information content (AvgIpc) is 2.21. The third-order valence-electron chi connectivity index (χ3n) is 2.08. The summed E-state index contributed by atoms with van der Waals surface area (Å²) in [6.07, 6.45) is 0.252. The van der Waals surface area contributed by atoms with Crippen LogP contribution in [0.1, 0.15) is 24.9 Å². The van der Waals surface area contributed by atoms with E-state index in [-0.39, 0.29) is 12.0 Å². The summed E-state index contributed by atoms with van der Waals surface area (Å²) in [5.74, 6) is 9.35. The summed E-state index contributed by atoms with van der Waals surface area (Å²) < 4.78 is 27.5. The summed E-state index contributed by atoms with van der Waals surface area (Å²) in [6.45, 7) is 1.65. The fraction of sp³-hybridized carbons (Fsp3) is 0.273. The molecule has 0 aliphatic carbocycles. The van der Waals surface area contributed by atoms with Gasteiger partial charge in [-0.1, -0.05) is 15.9 Å². The van der Waals surface area contributed by atoms with Crippen molar-refractivity contribution in [2.24, 2.45) is 5.84 Å². The van der Waals surface area contributed by atoms with Crippen molar-refractivity contribution in [2.45, 2.75) is 19.4 Å². The Morgan fingerprint density at radius 1 is 1.44 bits per heavy atom. The molecular formula is C11H11BrF2N2. The van der Waals surface area contributed by atoms with Crippen LogP contribution < -0.4 is 11.3 Å². The zero-order valence-electron chi connectivity index (χ0n) is 8.65. The number of nitrogens with two attached hydrogens (primary N) is 1. The Labute approximate surface area is 101 Å². The van der Waals surface area contributed by atoms with Gasteiger partial charge in [0.2, 0.25) is 0 Å². The average molecular weight is 289 g/mol. The first-order valence-corrected chi connectivity index (χ1v) is 5.39. The summed E-state index contributed by atoms with van der Waals surface area (Å²) in [7, 11) is 0. The zero-order chi connectivity index (χ0) is 12.1. The minimum absolute atomic E-state index is 0.0894. The predicted molar refractivity (Wildman–Crippen MR) is 62.2 cm³/mol. The molecule has 16 heavy (non-hydrogen) atoms. The maximum atomic E-state index is 13.6. The lowest BCUT2D eigenvalue weighted by atomic mass is 10.0. The fourth-order valence-electron chi connectivity index (χ4n) is 1.33. The van der Waals surface area contributed by atoms with E-state index >= 15 is 0 Å². The molecular weight excluding hydrogens is 278 g/mol. The van der Waals surface area contributed by atoms with Crippen molar-refractivity contribution >= 4 is 15.9 Å². The molecule has 0 aromatic heterocycles. The van der Waals surface area contributed by atoms with Crippen LogP contribution in [-0.4, -0.2) is 0 Å². The van der Waals surface area contributed by atoms with Gasteiger partial charge in [0.15, 0.2) is 0 Å². The Morgan fingerprint density at radius 3 is 2.44 bits per heavy atom. The molecule has 0 radical (unpaired) electrons. The minimum Gasteiger partial charge on any atom is -0.271 e. The van der Waals surface area contributed by atoms with Crippen LogP contribution >= 0.6 is 15.9 Å². The standard InChI is InChI=1S/C11H11BrF2N2/c1-2-3-4-10(16-15)11-8(13)5-7(12)6-9(11)14/h5-6,10,16H,4,15H2,1H3. The lowest BCUT2D eigenvalue weighted by Gasteiger charge is -2.15. The molecule has 0 bridgehead atoms. The van der Waals surface area contributed by atoms with Gasteiger partial charge in [-0.15, -0.1) is 11.8 Å². The topological polar surface area (TPSA) is 38.0 Å². The predicted octanol–water partition coefficient (Wildman–Crippen LogP) is 2.65. The van der Waals surface area contributed by atoms with E-state index in [9.17, 15) is 8.78 Å². The lowest BCUT2D eigenvalue weighted by molar-refractivity contribution is 0.480. The van der Waals surface area contributed by atoms with Gasteiger partial charge in [0.1, 0.15) is 11.6 Å². The van der Waals surface area contributed by atoms with E-state index in [1.54, 1.807) is 6.92 Å². The highest BCUT2D eigenvalue weighted by Gasteiger charge is 2.19. The Hall–Kier alpha value is -0.960. The van der Waals surface area contributed by atoms with E-state index in [0.717, 1.165) is 0 Å². The van der Waals surface area contributed by atoms with E-state index in [2.05, 4.69) is 33.2 Å². The molecule has 0 aliphatic rings. The molecule has 1 aromatic carbocycles. The first-order chi connectivity index (χ1) is 7.60. The lowest BCUT2D eigenvalue weighted by Crippen LogP contribution is -2.29. The number of hydrogen-bond donors (Lipinski definition) is 2. The molecule has 86 valence electrons. The minimum atomic E-state index is -0.652. The van der Waals surface area contributed by atoms with Gasteiger partial charge in [-0.25, -0.2) is 8.78 Å². The highest BCUT2D eigenvalue weighted by atomic mass is 79.9. The molecule has 3 N–H and O–H groups in total. The smallest absolute Gasteiger partial charge is 0.132 e. The van der Waals surface area contributed by atoms with E-state index in [0.29, 0.717) is 4.47 Å². The number of rotatable bonds is 3. The molecule has 1 unspecified atom stereocenters. The zero-order valence-corrected chi connectivity index (χ0v) is 10.2. The van der Waals surface area contributed by atoms with Crippen LogP contribution in [0, 0.1) is 23.5 Å². The van der Waals surface area contributed by atoms with Crippen molar-refractivity contribution in [3.63, 3.8) is 0 Å². The quantitative estimate of drug-likeness (QED) is 0.510. The van der Waals surface area contributed by atoms with E-state index in [1.165, 1.54) is 12.1 Å². The highest BCUT2D eigenvalue weighted by Crippen LogP contribution is 2.26. The highest BCUT2D eigenvalue weighted by molar-refractivity contribution is 9.10. The van der Waals surface area contributed by atoms with E-state index < -0.39 is 17.7 Å².